The number of nitrogens with zero attached hydrogens (tertiary/aromatic N) is 9. The number of H-pyrrole nitrogens is 2. The normalized spacial score (nSPS) is 16.5. The summed E-state index contributed by atoms with van der Waals surface area (Å²) in [4.78, 5) is 59.1. The van der Waals surface area contributed by atoms with Crippen molar-refractivity contribution in [3.05, 3.63) is 74.9 Å². The molecule has 8 heterocycles. The standard InChI is InChI=1S/C45H47Cl2N15O2S2/c1-5-28-36(46)34-40(55-28)57-44(65-24-6-7-29-26(15-24)27(39(50)63)14-20(2)52-29)60-43(34)62-13-10-23(19-62)51-11-8-30-37(47)35-41(56-30)58-45(59-42(35)61-12-9-22(48)18-61)66-25-16-31-33(32(17-25)64-4)38(49)54-21(3)53-31/h6-7,14-17,22-23,51H,5,8-13,18-19,48H2,1-4H3,(H2,50,63)(H2,49,53,54)(H,55,57,60)(H,56,58,59)/t22-,23-/m0/s1. The Morgan fingerprint density at radius 1 is 0.833 bits per heavy atom. The Hall–Kier alpha value is -5.70. The molecule has 0 spiro atoms. The van der Waals surface area contributed by atoms with Crippen molar-refractivity contribution in [3.63, 3.8) is 0 Å². The Kier molecular flexibility index (Phi) is 11.9. The second-order valence-corrected chi connectivity index (χ2v) is 19.5. The van der Waals surface area contributed by atoms with Gasteiger partial charge in [-0.05, 0) is 93.0 Å². The number of amides is 1. The molecule has 2 aliphatic rings. The molecule has 0 bridgehead atoms. The molecule has 6 aromatic heterocycles. The van der Waals surface area contributed by atoms with Gasteiger partial charge in [0.25, 0.3) is 0 Å². The number of pyridine rings is 1. The molecule has 17 nitrogen and oxygen atoms in total. The highest BCUT2D eigenvalue weighted by molar-refractivity contribution is 7.99. The van der Waals surface area contributed by atoms with Crippen molar-refractivity contribution >= 4 is 114 Å². The summed E-state index contributed by atoms with van der Waals surface area (Å²) >= 11 is 17.0. The first kappa shape index (κ1) is 44.2. The monoisotopic (exact) mass is 963 g/mol. The molecule has 2 aliphatic heterocycles. The average Bonchev–Trinajstić information content (AvgIpc) is 4.08. The number of nitrogens with two attached hydrogens (primary N) is 3. The van der Waals surface area contributed by atoms with Crippen LogP contribution in [0.15, 0.2) is 56.5 Å². The van der Waals surface area contributed by atoms with Crippen molar-refractivity contribution in [1.82, 2.24) is 50.2 Å². The largest absolute Gasteiger partial charge is 0.496 e. The molecule has 0 aliphatic carbocycles. The summed E-state index contributed by atoms with van der Waals surface area (Å²) in [6.07, 6.45) is 3.10. The number of nitrogens with one attached hydrogen (secondary N) is 3. The van der Waals surface area contributed by atoms with Gasteiger partial charge < -0.3 is 47.0 Å². The minimum absolute atomic E-state index is 0.0345. The van der Waals surface area contributed by atoms with Gasteiger partial charge in [0, 0.05) is 83.5 Å². The van der Waals surface area contributed by atoms with Gasteiger partial charge in [-0.3, -0.25) is 9.78 Å². The first-order valence-electron chi connectivity index (χ1n) is 21.7. The van der Waals surface area contributed by atoms with Gasteiger partial charge in [0.1, 0.15) is 40.3 Å². The minimum atomic E-state index is -0.504. The summed E-state index contributed by atoms with van der Waals surface area (Å²) in [7, 11) is 1.60. The molecule has 2 aromatic carbocycles. The van der Waals surface area contributed by atoms with Gasteiger partial charge in [0.2, 0.25) is 5.91 Å². The molecule has 2 fully saturated rings. The number of primary amides is 1. The topological polar surface area (TPSA) is 245 Å². The number of aromatic amines is 2. The number of hydrogen-bond acceptors (Lipinski definition) is 16. The number of hydrogen-bond donors (Lipinski definition) is 6. The van der Waals surface area contributed by atoms with E-state index in [0.717, 1.165) is 75.2 Å². The van der Waals surface area contributed by atoms with E-state index in [9.17, 15) is 4.79 Å². The summed E-state index contributed by atoms with van der Waals surface area (Å²) in [6, 6.07) is 11.5. The maximum Gasteiger partial charge on any atom is 0.249 e. The Balaban J connectivity index is 0.882. The van der Waals surface area contributed by atoms with Crippen LogP contribution < -0.4 is 37.1 Å². The number of benzene rings is 2. The fourth-order valence-corrected chi connectivity index (χ4v) is 11.3. The van der Waals surface area contributed by atoms with Crippen molar-refractivity contribution in [2.45, 2.75) is 78.6 Å². The fourth-order valence-electron chi connectivity index (χ4n) is 8.99. The second kappa shape index (κ2) is 17.8. The maximum atomic E-state index is 12.4. The molecule has 340 valence electrons. The van der Waals surface area contributed by atoms with Crippen LogP contribution in [-0.2, 0) is 12.8 Å². The number of rotatable bonds is 13. The van der Waals surface area contributed by atoms with Gasteiger partial charge in [-0.25, -0.2) is 29.9 Å². The van der Waals surface area contributed by atoms with E-state index < -0.39 is 5.91 Å². The number of aromatic nitrogens is 9. The summed E-state index contributed by atoms with van der Waals surface area (Å²) in [5, 5.41) is 9.04. The van der Waals surface area contributed by atoms with Crippen LogP contribution in [-0.4, -0.2) is 103 Å². The lowest BCUT2D eigenvalue weighted by atomic mass is 10.1. The highest BCUT2D eigenvalue weighted by Gasteiger charge is 2.30. The molecule has 2 saturated heterocycles. The quantitative estimate of drug-likeness (QED) is 0.0629. The minimum Gasteiger partial charge on any atom is -0.496 e. The second-order valence-electron chi connectivity index (χ2n) is 16.7. The third-order valence-electron chi connectivity index (χ3n) is 12.1. The van der Waals surface area contributed by atoms with Crippen molar-refractivity contribution in [1.29, 1.82) is 0 Å². The predicted molar refractivity (Wildman–Crippen MR) is 263 cm³/mol. The van der Waals surface area contributed by atoms with Crippen molar-refractivity contribution < 1.29 is 9.53 Å². The molecular weight excluding hydrogens is 918 g/mol. The van der Waals surface area contributed by atoms with E-state index >= 15 is 0 Å². The van der Waals surface area contributed by atoms with Gasteiger partial charge in [0.15, 0.2) is 10.3 Å². The fraction of sp³-hybridized carbons (Fsp3) is 0.333. The molecule has 66 heavy (non-hydrogen) atoms. The first-order chi connectivity index (χ1) is 31.8. The van der Waals surface area contributed by atoms with Crippen LogP contribution in [0.4, 0.5) is 17.5 Å². The summed E-state index contributed by atoms with van der Waals surface area (Å²) < 4.78 is 5.71. The van der Waals surface area contributed by atoms with E-state index in [2.05, 4.69) is 47.0 Å². The van der Waals surface area contributed by atoms with E-state index in [1.54, 1.807) is 13.2 Å². The third kappa shape index (κ3) is 8.36. The zero-order valence-corrected chi connectivity index (χ0v) is 39.8. The summed E-state index contributed by atoms with van der Waals surface area (Å²) in [6.45, 7) is 9.29. The number of methoxy groups -OCH3 is 1. The molecular formula is C45H47Cl2N15O2S2. The van der Waals surface area contributed by atoms with E-state index in [0.29, 0.717) is 109 Å². The highest BCUT2D eigenvalue weighted by Crippen LogP contribution is 2.41. The van der Waals surface area contributed by atoms with Crippen LogP contribution in [0.2, 0.25) is 10.0 Å². The van der Waals surface area contributed by atoms with Gasteiger partial charge in [-0.1, -0.05) is 30.1 Å². The molecule has 0 unspecified atom stereocenters. The van der Waals surface area contributed by atoms with Crippen LogP contribution in [0, 0.1) is 13.8 Å². The number of carbonyl (C=O) groups excluding carboxylic acids is 1. The van der Waals surface area contributed by atoms with Gasteiger partial charge in [0.05, 0.1) is 49.9 Å². The third-order valence-corrected chi connectivity index (χ3v) is 14.6. The highest BCUT2D eigenvalue weighted by atomic mass is 35.5. The van der Waals surface area contributed by atoms with E-state index in [4.69, 9.17) is 65.1 Å². The number of ether oxygens (including phenoxy) is 1. The van der Waals surface area contributed by atoms with Crippen LogP contribution >= 0.6 is 46.7 Å². The van der Waals surface area contributed by atoms with Gasteiger partial charge >= 0.3 is 0 Å². The molecule has 1 amide bonds. The number of aryl methyl sites for hydroxylation is 3. The Morgan fingerprint density at radius 3 is 2.20 bits per heavy atom. The van der Waals surface area contributed by atoms with Crippen LogP contribution in [0.5, 0.6) is 5.75 Å². The number of anilines is 3. The summed E-state index contributed by atoms with van der Waals surface area (Å²) in [5.74, 6) is 2.53. The zero-order valence-electron chi connectivity index (χ0n) is 36.6. The molecule has 8 aromatic rings. The van der Waals surface area contributed by atoms with Crippen molar-refractivity contribution in [2.24, 2.45) is 11.5 Å². The van der Waals surface area contributed by atoms with E-state index in [-0.39, 0.29) is 12.1 Å². The zero-order chi connectivity index (χ0) is 46.0. The molecule has 10 rings (SSSR count). The van der Waals surface area contributed by atoms with E-state index in [1.165, 1.54) is 23.5 Å². The Bertz CT molecular complexity index is 3240. The van der Waals surface area contributed by atoms with Crippen molar-refractivity contribution in [2.75, 3.05) is 55.4 Å². The van der Waals surface area contributed by atoms with Crippen LogP contribution in [0.25, 0.3) is 43.9 Å². The van der Waals surface area contributed by atoms with Crippen molar-refractivity contribution in [3.8, 4) is 5.75 Å². The van der Waals surface area contributed by atoms with Gasteiger partial charge in [-0.15, -0.1) is 0 Å². The lowest BCUT2D eigenvalue weighted by Gasteiger charge is -2.20. The molecule has 21 heteroatoms. The number of fused-ring (bicyclic) bond motifs is 4. The average molecular weight is 965 g/mol. The lowest BCUT2D eigenvalue weighted by Crippen LogP contribution is -2.34. The molecule has 0 radical (unpaired) electrons. The molecule has 0 saturated carbocycles. The molecule has 2 atom stereocenters. The Morgan fingerprint density at radius 2 is 1.52 bits per heavy atom. The van der Waals surface area contributed by atoms with Crippen LogP contribution in [0.1, 0.15) is 53.0 Å². The Labute approximate surface area is 397 Å². The molecule has 9 N–H and O–H groups in total. The summed E-state index contributed by atoms with van der Waals surface area (Å²) in [5.41, 5.74) is 24.1. The number of nitrogen functional groups attached to an aromatic ring is 1. The number of halogens is 2. The lowest BCUT2D eigenvalue weighted by molar-refractivity contribution is 0.100. The predicted octanol–water partition coefficient (Wildman–Crippen LogP) is 7.15. The number of carbonyl (C=O) groups is 1. The van der Waals surface area contributed by atoms with E-state index in [1.807, 2.05) is 44.2 Å². The maximum absolute atomic E-state index is 12.4. The van der Waals surface area contributed by atoms with Gasteiger partial charge in [-0.2, -0.15) is 0 Å². The SMILES string of the molecule is CCc1[nH]c2nc(Sc3ccc4nc(C)cc(C(N)=O)c4c3)nc(N3CC[C@H](NCCc4[nH]c5nc(Sc6cc(OC)c7c(N)nc(C)nc7c6)nc(N6CC[C@H](N)C6)c5c4Cl)C3)c2c1Cl. The first-order valence-corrected chi connectivity index (χ1v) is 24.1. The van der Waals surface area contributed by atoms with Crippen LogP contribution in [0.3, 0.4) is 0 Å². The smallest absolute Gasteiger partial charge is 0.249 e.